The van der Waals surface area contributed by atoms with Crippen molar-refractivity contribution >= 4 is 11.9 Å². The minimum Gasteiger partial charge on any atom is -0.475 e. The van der Waals surface area contributed by atoms with Crippen LogP contribution in [0.4, 0.5) is 13.2 Å². The highest BCUT2D eigenvalue weighted by Crippen LogP contribution is 2.24. The quantitative estimate of drug-likeness (QED) is 0.742. The van der Waals surface area contributed by atoms with Crippen molar-refractivity contribution < 1.29 is 37.3 Å². The first-order valence-corrected chi connectivity index (χ1v) is 8.98. The first-order chi connectivity index (χ1) is 13.5. The maximum atomic E-state index is 11.7. The Morgan fingerprint density at radius 1 is 1.28 bits per heavy atom. The summed E-state index contributed by atoms with van der Waals surface area (Å²) < 4.78 is 45.3. The Bertz CT molecular complexity index is 711. The zero-order valence-corrected chi connectivity index (χ0v) is 16.3. The molecule has 29 heavy (non-hydrogen) atoms. The van der Waals surface area contributed by atoms with Crippen molar-refractivity contribution in [2.75, 3.05) is 46.0 Å². The van der Waals surface area contributed by atoms with Gasteiger partial charge in [0.1, 0.15) is 5.60 Å². The van der Waals surface area contributed by atoms with Crippen LogP contribution in [-0.2, 0) is 32.7 Å². The van der Waals surface area contributed by atoms with Crippen LogP contribution in [0.1, 0.15) is 12.5 Å². The SMILES string of the molecule is CC(=O)N1CCOCC2(CN(Cc3cnn(C)c3)CCO2)C1.O=C(O)C(F)(F)F. The fraction of sp³-hybridized carbons (Fsp3) is 0.706. The van der Waals surface area contributed by atoms with Crippen LogP contribution in [0.2, 0.25) is 0 Å². The van der Waals surface area contributed by atoms with Gasteiger partial charge in [0.05, 0.1) is 32.6 Å². The van der Waals surface area contributed by atoms with Gasteiger partial charge in [0.2, 0.25) is 5.91 Å². The number of ether oxygens (including phenoxy) is 2. The van der Waals surface area contributed by atoms with Crippen LogP contribution in [0.25, 0.3) is 0 Å². The molecule has 0 saturated carbocycles. The first-order valence-electron chi connectivity index (χ1n) is 8.98. The number of aryl methyl sites for hydroxylation is 1. The van der Waals surface area contributed by atoms with Crippen LogP contribution in [0.3, 0.4) is 0 Å². The van der Waals surface area contributed by atoms with Crippen molar-refractivity contribution in [3.63, 3.8) is 0 Å². The second-order valence-corrected chi connectivity index (χ2v) is 7.06. The Balaban J connectivity index is 0.000000370. The first kappa shape index (κ1) is 23.1. The summed E-state index contributed by atoms with van der Waals surface area (Å²) in [4.78, 5) is 24.8. The summed E-state index contributed by atoms with van der Waals surface area (Å²) in [6, 6.07) is 0. The molecule has 0 bridgehead atoms. The number of alkyl halides is 3. The second-order valence-electron chi connectivity index (χ2n) is 7.06. The molecule has 0 radical (unpaired) electrons. The normalized spacial score (nSPS) is 23.3. The summed E-state index contributed by atoms with van der Waals surface area (Å²) in [7, 11) is 1.92. The molecule has 3 heterocycles. The fourth-order valence-corrected chi connectivity index (χ4v) is 3.23. The van der Waals surface area contributed by atoms with Gasteiger partial charge in [-0.05, 0) is 0 Å². The molecule has 2 aliphatic rings. The third-order valence-corrected chi connectivity index (χ3v) is 4.53. The number of aromatic nitrogens is 2. The van der Waals surface area contributed by atoms with Crippen LogP contribution in [0.15, 0.2) is 12.4 Å². The topological polar surface area (TPSA) is 97.1 Å². The Hall–Kier alpha value is -2.18. The van der Waals surface area contributed by atoms with Gasteiger partial charge in [-0.1, -0.05) is 0 Å². The van der Waals surface area contributed by atoms with Gasteiger partial charge in [-0.2, -0.15) is 18.3 Å². The molecule has 2 saturated heterocycles. The minimum atomic E-state index is -5.08. The van der Waals surface area contributed by atoms with E-state index in [4.69, 9.17) is 19.4 Å². The zero-order valence-electron chi connectivity index (χ0n) is 16.3. The van der Waals surface area contributed by atoms with Crippen LogP contribution < -0.4 is 0 Å². The summed E-state index contributed by atoms with van der Waals surface area (Å²) >= 11 is 0. The molecule has 3 rings (SSSR count). The molecule has 9 nitrogen and oxygen atoms in total. The van der Waals surface area contributed by atoms with Crippen molar-refractivity contribution in [2.24, 2.45) is 7.05 Å². The number of carboxylic acid groups (broad SMARTS) is 1. The van der Waals surface area contributed by atoms with E-state index in [-0.39, 0.29) is 5.91 Å². The van der Waals surface area contributed by atoms with E-state index in [1.54, 1.807) is 6.92 Å². The largest absolute Gasteiger partial charge is 0.490 e. The van der Waals surface area contributed by atoms with Crippen molar-refractivity contribution in [1.82, 2.24) is 19.6 Å². The monoisotopic (exact) mass is 422 g/mol. The molecule has 1 amide bonds. The average Bonchev–Trinajstić information content (AvgIpc) is 2.91. The smallest absolute Gasteiger partial charge is 0.475 e. The number of carbonyl (C=O) groups is 2. The number of aliphatic carboxylic acids is 1. The summed E-state index contributed by atoms with van der Waals surface area (Å²) in [5, 5.41) is 11.3. The van der Waals surface area contributed by atoms with Crippen molar-refractivity contribution in [3.8, 4) is 0 Å². The second kappa shape index (κ2) is 9.55. The third kappa shape index (κ3) is 6.98. The van der Waals surface area contributed by atoms with E-state index >= 15 is 0 Å². The summed E-state index contributed by atoms with van der Waals surface area (Å²) in [6.07, 6.45) is -1.15. The lowest BCUT2D eigenvalue weighted by Crippen LogP contribution is -2.58. The van der Waals surface area contributed by atoms with Crippen LogP contribution in [-0.4, -0.2) is 94.3 Å². The highest BCUT2D eigenvalue weighted by atomic mass is 19.4. The standard InChI is InChI=1S/C15H24N4O3.C2HF3O2/c1-13(20)19-4-5-21-12-15(11-19)10-18(3-6-22-15)9-14-7-16-17(2)8-14;3-2(4,5)1(6)7/h7-8H,3-6,9-12H2,1-2H3;(H,6,7). The third-order valence-electron chi connectivity index (χ3n) is 4.53. The molecular weight excluding hydrogens is 397 g/mol. The van der Waals surface area contributed by atoms with Crippen molar-refractivity contribution in [3.05, 3.63) is 18.0 Å². The highest BCUT2D eigenvalue weighted by molar-refractivity contribution is 5.73. The van der Waals surface area contributed by atoms with Gasteiger partial charge in [-0.25, -0.2) is 4.79 Å². The minimum absolute atomic E-state index is 0.0813. The highest BCUT2D eigenvalue weighted by Gasteiger charge is 2.41. The Morgan fingerprint density at radius 2 is 1.97 bits per heavy atom. The number of amides is 1. The lowest BCUT2D eigenvalue weighted by molar-refractivity contribution is -0.192. The number of nitrogens with zero attached hydrogens (tertiary/aromatic N) is 4. The van der Waals surface area contributed by atoms with E-state index < -0.39 is 17.7 Å². The Kier molecular flexibility index (Phi) is 7.60. The average molecular weight is 422 g/mol. The van der Waals surface area contributed by atoms with Crippen molar-refractivity contribution in [1.29, 1.82) is 0 Å². The molecule has 2 fully saturated rings. The van der Waals surface area contributed by atoms with Crippen LogP contribution in [0.5, 0.6) is 0 Å². The Labute approximate surface area is 166 Å². The van der Waals surface area contributed by atoms with Gasteiger partial charge >= 0.3 is 12.1 Å². The van der Waals surface area contributed by atoms with E-state index in [2.05, 4.69) is 10.00 Å². The van der Waals surface area contributed by atoms with Crippen LogP contribution >= 0.6 is 0 Å². The maximum Gasteiger partial charge on any atom is 0.490 e. The summed E-state index contributed by atoms with van der Waals surface area (Å²) in [5.74, 6) is -2.68. The molecular formula is C17H25F3N4O5. The van der Waals surface area contributed by atoms with Gasteiger partial charge in [-0.3, -0.25) is 14.4 Å². The number of carbonyl (C=O) groups excluding carboxylic acids is 1. The van der Waals surface area contributed by atoms with Gasteiger partial charge < -0.3 is 19.5 Å². The van der Waals surface area contributed by atoms with E-state index in [0.717, 1.165) is 19.6 Å². The molecule has 1 aromatic heterocycles. The molecule has 1 spiro atoms. The molecule has 0 aliphatic carbocycles. The maximum absolute atomic E-state index is 11.7. The van der Waals surface area contributed by atoms with Gasteiger partial charge in [0.15, 0.2) is 0 Å². The lowest BCUT2D eigenvalue weighted by Gasteiger charge is -2.43. The molecule has 1 N–H and O–H groups in total. The van der Waals surface area contributed by atoms with Crippen molar-refractivity contribution in [2.45, 2.75) is 25.2 Å². The molecule has 1 aromatic rings. The Morgan fingerprint density at radius 3 is 2.52 bits per heavy atom. The molecule has 12 heteroatoms. The van der Waals surface area contributed by atoms with Gasteiger partial charge in [0.25, 0.3) is 0 Å². The predicted octanol–water partition coefficient (Wildman–Crippen LogP) is 0.503. The number of morpholine rings is 1. The lowest BCUT2D eigenvalue weighted by atomic mass is 10.0. The zero-order chi connectivity index (χ0) is 21.7. The van der Waals surface area contributed by atoms with Crippen LogP contribution in [0, 0.1) is 0 Å². The van der Waals surface area contributed by atoms with Gasteiger partial charge in [-0.15, -0.1) is 0 Å². The van der Waals surface area contributed by atoms with E-state index in [9.17, 15) is 18.0 Å². The molecule has 1 unspecified atom stereocenters. The number of carboxylic acids is 1. The summed E-state index contributed by atoms with van der Waals surface area (Å²) in [6.45, 7) is 7.13. The van der Waals surface area contributed by atoms with Gasteiger partial charge in [0, 0.05) is 51.9 Å². The molecule has 1 atom stereocenters. The molecule has 2 aliphatic heterocycles. The number of rotatable bonds is 2. The number of hydrogen-bond acceptors (Lipinski definition) is 6. The predicted molar refractivity (Wildman–Crippen MR) is 93.9 cm³/mol. The summed E-state index contributed by atoms with van der Waals surface area (Å²) in [5.41, 5.74) is 0.778. The molecule has 0 aromatic carbocycles. The van der Waals surface area contributed by atoms with E-state index in [0.29, 0.717) is 32.9 Å². The number of hydrogen-bond donors (Lipinski definition) is 1. The number of halogens is 3. The van der Waals surface area contributed by atoms with E-state index in [1.165, 1.54) is 5.56 Å². The molecule has 164 valence electrons. The van der Waals surface area contributed by atoms with E-state index in [1.807, 2.05) is 29.0 Å². The fourth-order valence-electron chi connectivity index (χ4n) is 3.23.